The maximum Gasteiger partial charge on any atom is 0.153 e. The Morgan fingerprint density at radius 1 is 1.05 bits per heavy atom. The summed E-state index contributed by atoms with van der Waals surface area (Å²) in [4.78, 5) is 4.45. The van der Waals surface area contributed by atoms with Crippen molar-refractivity contribution in [3.8, 4) is 16.9 Å². The molecule has 0 unspecified atom stereocenters. The van der Waals surface area contributed by atoms with E-state index in [2.05, 4.69) is 29.1 Å². The van der Waals surface area contributed by atoms with Crippen molar-refractivity contribution in [3.63, 3.8) is 0 Å². The lowest BCUT2D eigenvalue weighted by Gasteiger charge is -2.05. The number of aromatic nitrogens is 3. The van der Waals surface area contributed by atoms with Gasteiger partial charge in [0.1, 0.15) is 0 Å². The fourth-order valence-corrected chi connectivity index (χ4v) is 2.55. The predicted molar refractivity (Wildman–Crippen MR) is 84.2 cm³/mol. The Bertz CT molecular complexity index is 742. The van der Waals surface area contributed by atoms with E-state index in [9.17, 15) is 0 Å². The van der Waals surface area contributed by atoms with Crippen molar-refractivity contribution in [2.45, 2.75) is 20.4 Å². The minimum absolute atomic E-state index is 0.500. The zero-order chi connectivity index (χ0) is 14.8. The molecule has 4 heteroatoms. The van der Waals surface area contributed by atoms with Crippen LogP contribution < -0.4 is 5.73 Å². The molecular weight excluding hydrogens is 260 g/mol. The molecule has 0 radical (unpaired) electrons. The second-order valence-corrected chi connectivity index (χ2v) is 5.05. The Balaban J connectivity index is 2.09. The molecule has 0 saturated heterocycles. The highest BCUT2D eigenvalue weighted by molar-refractivity contribution is 5.69. The molecule has 0 amide bonds. The summed E-state index contributed by atoms with van der Waals surface area (Å²) in [6, 6.07) is 14.3. The van der Waals surface area contributed by atoms with E-state index < -0.39 is 0 Å². The maximum atomic E-state index is 5.61. The van der Waals surface area contributed by atoms with Gasteiger partial charge in [0.05, 0.1) is 11.4 Å². The molecule has 0 bridgehead atoms. The summed E-state index contributed by atoms with van der Waals surface area (Å²) < 4.78 is 1.89. The smallest absolute Gasteiger partial charge is 0.153 e. The van der Waals surface area contributed by atoms with Crippen LogP contribution in [-0.2, 0) is 6.54 Å². The number of rotatable bonds is 3. The normalized spacial score (nSPS) is 10.8. The predicted octanol–water partition coefficient (Wildman–Crippen LogP) is 3.01. The first kappa shape index (κ1) is 13.5. The summed E-state index contributed by atoms with van der Waals surface area (Å²) >= 11 is 0. The summed E-state index contributed by atoms with van der Waals surface area (Å²) in [6.07, 6.45) is 1.80. The Kier molecular flexibility index (Phi) is 3.54. The van der Waals surface area contributed by atoms with E-state index in [4.69, 9.17) is 5.73 Å². The lowest BCUT2D eigenvalue weighted by Crippen LogP contribution is -2.03. The molecule has 0 saturated carbocycles. The van der Waals surface area contributed by atoms with Gasteiger partial charge < -0.3 is 5.73 Å². The molecule has 4 nitrogen and oxygen atoms in total. The van der Waals surface area contributed by atoms with Gasteiger partial charge in [0, 0.05) is 18.3 Å². The minimum atomic E-state index is 0.500. The Hall–Kier alpha value is -2.46. The molecule has 0 fully saturated rings. The van der Waals surface area contributed by atoms with E-state index in [0.29, 0.717) is 6.54 Å². The molecule has 106 valence electrons. The van der Waals surface area contributed by atoms with Crippen LogP contribution in [0.4, 0.5) is 0 Å². The zero-order valence-corrected chi connectivity index (χ0v) is 12.2. The molecule has 0 aliphatic heterocycles. The van der Waals surface area contributed by atoms with E-state index in [-0.39, 0.29) is 0 Å². The van der Waals surface area contributed by atoms with Crippen LogP contribution in [0.1, 0.15) is 17.0 Å². The molecule has 2 N–H and O–H groups in total. The van der Waals surface area contributed by atoms with Crippen molar-refractivity contribution in [2.75, 3.05) is 0 Å². The van der Waals surface area contributed by atoms with Crippen LogP contribution in [-0.4, -0.2) is 14.8 Å². The van der Waals surface area contributed by atoms with Crippen molar-refractivity contribution in [3.05, 3.63) is 65.6 Å². The third kappa shape index (κ3) is 2.45. The van der Waals surface area contributed by atoms with Crippen molar-refractivity contribution < 1.29 is 0 Å². The number of benzene rings is 1. The summed E-state index contributed by atoms with van der Waals surface area (Å²) in [5.41, 5.74) is 11.1. The summed E-state index contributed by atoms with van der Waals surface area (Å²) in [5.74, 6) is 0.815. The van der Waals surface area contributed by atoms with Crippen molar-refractivity contribution in [1.29, 1.82) is 0 Å². The van der Waals surface area contributed by atoms with Crippen LogP contribution in [0, 0.1) is 13.8 Å². The van der Waals surface area contributed by atoms with Gasteiger partial charge in [-0.05, 0) is 31.0 Å². The third-order valence-corrected chi connectivity index (χ3v) is 3.62. The molecule has 21 heavy (non-hydrogen) atoms. The van der Waals surface area contributed by atoms with Crippen molar-refractivity contribution >= 4 is 0 Å². The van der Waals surface area contributed by atoms with E-state index in [1.807, 2.05) is 41.9 Å². The molecule has 0 aliphatic carbocycles. The summed E-state index contributed by atoms with van der Waals surface area (Å²) in [6.45, 7) is 4.60. The second kappa shape index (κ2) is 5.50. The van der Waals surface area contributed by atoms with Crippen LogP contribution >= 0.6 is 0 Å². The van der Waals surface area contributed by atoms with E-state index >= 15 is 0 Å². The molecule has 1 aromatic carbocycles. The van der Waals surface area contributed by atoms with E-state index in [1.165, 1.54) is 11.1 Å². The van der Waals surface area contributed by atoms with Crippen molar-refractivity contribution in [1.82, 2.24) is 14.8 Å². The molecule has 2 heterocycles. The average molecular weight is 278 g/mol. The number of hydrogen-bond donors (Lipinski definition) is 1. The van der Waals surface area contributed by atoms with Gasteiger partial charge in [0.25, 0.3) is 0 Å². The standard InChI is InChI=1S/C17H18N4/c1-12-17(15-6-4-3-5-7-15)13(2)21(20-12)16-9-8-14(10-18)11-19-16/h3-9,11H,10,18H2,1-2H3. The van der Waals surface area contributed by atoms with Crippen LogP contribution in [0.2, 0.25) is 0 Å². The quantitative estimate of drug-likeness (QED) is 0.801. The van der Waals surface area contributed by atoms with E-state index in [0.717, 1.165) is 22.8 Å². The fourth-order valence-electron chi connectivity index (χ4n) is 2.55. The van der Waals surface area contributed by atoms with Crippen LogP contribution in [0.15, 0.2) is 48.7 Å². The molecule has 0 spiro atoms. The van der Waals surface area contributed by atoms with Crippen LogP contribution in [0.5, 0.6) is 0 Å². The first-order chi connectivity index (χ1) is 10.2. The van der Waals surface area contributed by atoms with Gasteiger partial charge in [0.15, 0.2) is 5.82 Å². The lowest BCUT2D eigenvalue weighted by atomic mass is 10.0. The van der Waals surface area contributed by atoms with Gasteiger partial charge in [-0.1, -0.05) is 36.4 Å². The molecular formula is C17H18N4. The maximum absolute atomic E-state index is 5.61. The van der Waals surface area contributed by atoms with Gasteiger partial charge >= 0.3 is 0 Å². The van der Waals surface area contributed by atoms with E-state index in [1.54, 1.807) is 6.20 Å². The molecule has 0 aliphatic rings. The Morgan fingerprint density at radius 2 is 1.81 bits per heavy atom. The van der Waals surface area contributed by atoms with Crippen LogP contribution in [0.3, 0.4) is 0 Å². The van der Waals surface area contributed by atoms with Gasteiger partial charge in [-0.3, -0.25) is 0 Å². The Morgan fingerprint density at radius 3 is 2.43 bits per heavy atom. The SMILES string of the molecule is Cc1nn(-c2ccc(CN)cn2)c(C)c1-c1ccccc1. The first-order valence-electron chi connectivity index (χ1n) is 6.97. The Labute approximate surface area is 124 Å². The first-order valence-corrected chi connectivity index (χ1v) is 6.97. The fraction of sp³-hybridized carbons (Fsp3) is 0.176. The van der Waals surface area contributed by atoms with Crippen LogP contribution in [0.25, 0.3) is 16.9 Å². The largest absolute Gasteiger partial charge is 0.326 e. The molecule has 3 aromatic rings. The third-order valence-electron chi connectivity index (χ3n) is 3.62. The van der Waals surface area contributed by atoms with Gasteiger partial charge in [-0.2, -0.15) is 5.10 Å². The second-order valence-electron chi connectivity index (χ2n) is 5.05. The molecule has 2 aromatic heterocycles. The summed E-state index contributed by atoms with van der Waals surface area (Å²) in [5, 5.41) is 4.64. The van der Waals surface area contributed by atoms with Gasteiger partial charge in [-0.15, -0.1) is 0 Å². The molecule has 0 atom stereocenters. The number of nitrogens with zero attached hydrogens (tertiary/aromatic N) is 3. The average Bonchev–Trinajstić information content (AvgIpc) is 2.83. The molecule has 3 rings (SSSR count). The number of pyridine rings is 1. The topological polar surface area (TPSA) is 56.7 Å². The number of hydrogen-bond acceptors (Lipinski definition) is 3. The lowest BCUT2D eigenvalue weighted by molar-refractivity contribution is 0.803. The highest BCUT2D eigenvalue weighted by atomic mass is 15.3. The number of nitrogens with two attached hydrogens (primary N) is 1. The number of aryl methyl sites for hydroxylation is 1. The van der Waals surface area contributed by atoms with Gasteiger partial charge in [0.2, 0.25) is 0 Å². The zero-order valence-electron chi connectivity index (χ0n) is 12.2. The highest BCUT2D eigenvalue weighted by Gasteiger charge is 2.14. The minimum Gasteiger partial charge on any atom is -0.326 e. The monoisotopic (exact) mass is 278 g/mol. The summed E-state index contributed by atoms with van der Waals surface area (Å²) in [7, 11) is 0. The van der Waals surface area contributed by atoms with Gasteiger partial charge in [-0.25, -0.2) is 9.67 Å². The van der Waals surface area contributed by atoms with Crippen molar-refractivity contribution in [2.24, 2.45) is 5.73 Å². The highest BCUT2D eigenvalue weighted by Crippen LogP contribution is 2.27.